The molecule has 0 aromatic heterocycles. The minimum Gasteiger partial charge on any atom is -0.493 e. The quantitative estimate of drug-likeness (QED) is 0.779. The lowest BCUT2D eigenvalue weighted by Gasteiger charge is -2.16. The third-order valence-electron chi connectivity index (χ3n) is 2.38. The maximum Gasteiger partial charge on any atom is 0.391 e. The maximum atomic E-state index is 11.9. The van der Waals surface area contributed by atoms with Crippen LogP contribution >= 0.6 is 0 Å². The zero-order valence-corrected chi connectivity index (χ0v) is 10.6. The number of para-hydroxylation sites is 1. The Bertz CT molecular complexity index is 380. The van der Waals surface area contributed by atoms with E-state index >= 15 is 0 Å². The third kappa shape index (κ3) is 5.94. The molecule has 0 spiro atoms. The highest BCUT2D eigenvalue weighted by Gasteiger charge is 2.26. The summed E-state index contributed by atoms with van der Waals surface area (Å²) in [6.45, 7) is 1.60. The summed E-state index contributed by atoms with van der Waals surface area (Å²) in [5.41, 5.74) is 0.511. The van der Waals surface area contributed by atoms with E-state index in [1.54, 1.807) is 24.3 Å². The van der Waals surface area contributed by atoms with Crippen molar-refractivity contribution in [1.29, 1.82) is 0 Å². The zero-order chi connectivity index (χ0) is 14.3. The molecule has 0 fully saturated rings. The second-order valence-corrected chi connectivity index (χ2v) is 3.93. The van der Waals surface area contributed by atoms with Gasteiger partial charge in [0.2, 0.25) is 0 Å². The fourth-order valence-electron chi connectivity index (χ4n) is 1.52. The predicted molar refractivity (Wildman–Crippen MR) is 64.1 cm³/mol. The Morgan fingerprint density at radius 2 is 1.95 bits per heavy atom. The average molecular weight is 278 g/mol. The van der Waals surface area contributed by atoms with Gasteiger partial charge in [-0.25, -0.2) is 0 Å². The number of halogens is 3. The van der Waals surface area contributed by atoms with Crippen molar-refractivity contribution in [1.82, 2.24) is 0 Å². The van der Waals surface area contributed by atoms with Gasteiger partial charge in [0.1, 0.15) is 11.9 Å². The lowest BCUT2D eigenvalue weighted by molar-refractivity contribution is -0.147. The summed E-state index contributed by atoms with van der Waals surface area (Å²) in [6, 6.07) is 6.82. The number of aliphatic hydroxyl groups is 1. The van der Waals surface area contributed by atoms with Crippen molar-refractivity contribution in [2.24, 2.45) is 0 Å². The Morgan fingerprint density at radius 3 is 2.58 bits per heavy atom. The SMILES string of the molecule is CCOc1ccccc1C(O)COCCC(F)(F)F. The van der Waals surface area contributed by atoms with Crippen molar-refractivity contribution in [2.75, 3.05) is 19.8 Å². The molecule has 108 valence electrons. The molecule has 0 radical (unpaired) electrons. The van der Waals surface area contributed by atoms with Gasteiger partial charge in [-0.05, 0) is 13.0 Å². The number of alkyl halides is 3. The highest BCUT2D eigenvalue weighted by molar-refractivity contribution is 5.35. The summed E-state index contributed by atoms with van der Waals surface area (Å²) in [5, 5.41) is 9.87. The minimum absolute atomic E-state index is 0.194. The molecule has 1 aromatic rings. The van der Waals surface area contributed by atoms with Crippen molar-refractivity contribution in [2.45, 2.75) is 25.6 Å². The van der Waals surface area contributed by atoms with Crippen LogP contribution < -0.4 is 4.74 Å². The van der Waals surface area contributed by atoms with Crippen LogP contribution in [0.15, 0.2) is 24.3 Å². The number of hydrogen-bond donors (Lipinski definition) is 1. The van der Waals surface area contributed by atoms with E-state index in [0.717, 1.165) is 0 Å². The van der Waals surface area contributed by atoms with Crippen LogP contribution in [-0.2, 0) is 4.74 Å². The van der Waals surface area contributed by atoms with Gasteiger partial charge in [0.25, 0.3) is 0 Å². The molecule has 1 atom stereocenters. The van der Waals surface area contributed by atoms with E-state index in [1.165, 1.54) is 0 Å². The first-order valence-electron chi connectivity index (χ1n) is 5.98. The van der Waals surface area contributed by atoms with Crippen molar-refractivity contribution < 1.29 is 27.8 Å². The zero-order valence-electron chi connectivity index (χ0n) is 10.6. The molecule has 0 bridgehead atoms. The van der Waals surface area contributed by atoms with Crippen LogP contribution in [0.1, 0.15) is 25.0 Å². The molecule has 6 heteroatoms. The maximum absolute atomic E-state index is 11.9. The van der Waals surface area contributed by atoms with Gasteiger partial charge in [-0.3, -0.25) is 0 Å². The van der Waals surface area contributed by atoms with Crippen molar-refractivity contribution in [3.63, 3.8) is 0 Å². The smallest absolute Gasteiger partial charge is 0.391 e. The molecule has 0 heterocycles. The largest absolute Gasteiger partial charge is 0.493 e. The van der Waals surface area contributed by atoms with E-state index in [9.17, 15) is 18.3 Å². The molecular formula is C13H17F3O3. The summed E-state index contributed by atoms with van der Waals surface area (Å²) in [4.78, 5) is 0. The van der Waals surface area contributed by atoms with Gasteiger partial charge < -0.3 is 14.6 Å². The van der Waals surface area contributed by atoms with Gasteiger partial charge in [-0.1, -0.05) is 18.2 Å². The summed E-state index contributed by atoms with van der Waals surface area (Å²) in [5.74, 6) is 0.511. The fourth-order valence-corrected chi connectivity index (χ4v) is 1.52. The minimum atomic E-state index is -4.24. The molecule has 0 saturated carbocycles. The summed E-state index contributed by atoms with van der Waals surface area (Å²) in [7, 11) is 0. The lowest BCUT2D eigenvalue weighted by Crippen LogP contribution is -2.15. The van der Waals surface area contributed by atoms with E-state index in [-0.39, 0.29) is 6.61 Å². The first-order valence-corrected chi connectivity index (χ1v) is 5.98. The Morgan fingerprint density at radius 1 is 1.26 bits per heavy atom. The predicted octanol–water partition coefficient (Wildman–Crippen LogP) is 3.09. The van der Waals surface area contributed by atoms with Crippen LogP contribution in [0.3, 0.4) is 0 Å². The van der Waals surface area contributed by atoms with Crippen LogP contribution in [0.25, 0.3) is 0 Å². The normalized spacial score (nSPS) is 13.3. The Kier molecular flexibility index (Phi) is 6.11. The topological polar surface area (TPSA) is 38.7 Å². The Balaban J connectivity index is 2.47. The van der Waals surface area contributed by atoms with E-state index in [2.05, 4.69) is 0 Å². The molecule has 0 saturated heterocycles. The molecule has 0 amide bonds. The number of rotatable bonds is 7. The monoisotopic (exact) mass is 278 g/mol. The summed E-state index contributed by atoms with van der Waals surface area (Å²) in [6.07, 6.45) is -6.27. The number of benzene rings is 1. The molecule has 1 unspecified atom stereocenters. The van der Waals surface area contributed by atoms with Gasteiger partial charge in [-0.15, -0.1) is 0 Å². The van der Waals surface area contributed by atoms with Gasteiger partial charge in [-0.2, -0.15) is 13.2 Å². The van der Waals surface area contributed by atoms with E-state index < -0.39 is 25.3 Å². The molecule has 0 aliphatic carbocycles. The lowest BCUT2D eigenvalue weighted by atomic mass is 10.1. The molecule has 1 rings (SSSR count). The van der Waals surface area contributed by atoms with Crippen LogP contribution in [0.4, 0.5) is 13.2 Å². The number of aliphatic hydroxyl groups excluding tert-OH is 1. The first kappa shape index (κ1) is 15.8. The van der Waals surface area contributed by atoms with Crippen molar-refractivity contribution in [3.8, 4) is 5.75 Å². The number of ether oxygens (including phenoxy) is 2. The molecule has 3 nitrogen and oxygen atoms in total. The average Bonchev–Trinajstić information content (AvgIpc) is 2.34. The second-order valence-electron chi connectivity index (χ2n) is 3.93. The van der Waals surface area contributed by atoms with Gasteiger partial charge in [0.15, 0.2) is 0 Å². The van der Waals surface area contributed by atoms with Crippen LogP contribution in [-0.4, -0.2) is 31.1 Å². The third-order valence-corrected chi connectivity index (χ3v) is 2.38. The summed E-state index contributed by atoms with van der Waals surface area (Å²) < 4.78 is 45.9. The van der Waals surface area contributed by atoms with Gasteiger partial charge in [0.05, 0.1) is 26.2 Å². The highest BCUT2D eigenvalue weighted by atomic mass is 19.4. The Labute approximate surface area is 110 Å². The first-order chi connectivity index (χ1) is 8.94. The standard InChI is InChI=1S/C13H17F3O3/c1-2-19-12-6-4-3-5-10(12)11(17)9-18-8-7-13(14,15)16/h3-6,11,17H,2,7-9H2,1H3. The van der Waals surface area contributed by atoms with Crippen molar-refractivity contribution in [3.05, 3.63) is 29.8 Å². The molecular weight excluding hydrogens is 261 g/mol. The highest BCUT2D eigenvalue weighted by Crippen LogP contribution is 2.25. The van der Waals surface area contributed by atoms with E-state index in [0.29, 0.717) is 17.9 Å². The van der Waals surface area contributed by atoms with E-state index in [1.807, 2.05) is 6.92 Å². The Hall–Kier alpha value is -1.27. The molecule has 1 aromatic carbocycles. The van der Waals surface area contributed by atoms with Crippen molar-refractivity contribution >= 4 is 0 Å². The van der Waals surface area contributed by atoms with Gasteiger partial charge >= 0.3 is 6.18 Å². The number of hydrogen-bond acceptors (Lipinski definition) is 3. The molecule has 19 heavy (non-hydrogen) atoms. The van der Waals surface area contributed by atoms with Crippen LogP contribution in [0, 0.1) is 0 Å². The van der Waals surface area contributed by atoms with Gasteiger partial charge in [0, 0.05) is 5.56 Å². The van der Waals surface area contributed by atoms with E-state index in [4.69, 9.17) is 9.47 Å². The molecule has 1 N–H and O–H groups in total. The second kappa shape index (κ2) is 7.35. The summed E-state index contributed by atoms with van der Waals surface area (Å²) >= 11 is 0. The fraction of sp³-hybridized carbons (Fsp3) is 0.538. The molecule has 0 aliphatic rings. The van der Waals surface area contributed by atoms with Crippen LogP contribution in [0.5, 0.6) is 5.75 Å². The van der Waals surface area contributed by atoms with Crippen LogP contribution in [0.2, 0.25) is 0 Å². The molecule has 0 aliphatic heterocycles.